The van der Waals surface area contributed by atoms with E-state index in [0.717, 1.165) is 42.7 Å². The Morgan fingerprint density at radius 1 is 1.33 bits per heavy atom. The van der Waals surface area contributed by atoms with Gasteiger partial charge in [-0.15, -0.1) is 5.10 Å². The predicted octanol–water partition coefficient (Wildman–Crippen LogP) is 1.85. The second-order valence-electron chi connectivity index (χ2n) is 5.60. The van der Waals surface area contributed by atoms with E-state index in [9.17, 15) is 9.90 Å². The van der Waals surface area contributed by atoms with E-state index in [0.29, 0.717) is 5.16 Å². The quantitative estimate of drug-likeness (QED) is 0.636. The molecule has 126 valence electrons. The molecule has 3 rings (SSSR count). The number of anilines is 1. The van der Waals surface area contributed by atoms with Crippen LogP contribution in [0.3, 0.4) is 0 Å². The van der Waals surface area contributed by atoms with Gasteiger partial charge in [-0.25, -0.2) is 4.98 Å². The maximum absolute atomic E-state index is 11.4. The average Bonchev–Trinajstić information content (AvgIpc) is 3.26. The number of aromatic amines is 1. The van der Waals surface area contributed by atoms with Crippen LogP contribution in [0.15, 0.2) is 34.3 Å². The highest BCUT2D eigenvalue weighted by atomic mass is 32.2. The first-order valence-corrected chi connectivity index (χ1v) is 8.84. The third-order valence-electron chi connectivity index (χ3n) is 3.91. The molecule has 0 unspecified atom stereocenters. The molecule has 1 aliphatic rings. The van der Waals surface area contributed by atoms with Crippen LogP contribution < -0.4 is 10.0 Å². The predicted molar refractivity (Wildman–Crippen MR) is 92.5 cm³/mol. The lowest BCUT2D eigenvalue weighted by molar-refractivity contribution is -0.297. The van der Waals surface area contributed by atoms with Gasteiger partial charge in [0.15, 0.2) is 0 Å². The molecule has 2 aromatic rings. The van der Waals surface area contributed by atoms with Gasteiger partial charge in [-0.3, -0.25) is 5.10 Å². The molecule has 1 aromatic heterocycles. The Kier molecular flexibility index (Phi) is 5.20. The van der Waals surface area contributed by atoms with Crippen molar-refractivity contribution in [3.05, 3.63) is 40.6 Å². The molecule has 7 heteroatoms. The lowest BCUT2D eigenvalue weighted by Gasteiger charge is -2.17. The largest absolute Gasteiger partial charge is 0.544 e. The van der Waals surface area contributed by atoms with Gasteiger partial charge in [-0.2, -0.15) is 0 Å². The van der Waals surface area contributed by atoms with Crippen molar-refractivity contribution < 1.29 is 9.90 Å². The Morgan fingerprint density at radius 3 is 2.62 bits per heavy atom. The Balaban J connectivity index is 1.76. The van der Waals surface area contributed by atoms with Crippen LogP contribution in [0, 0.1) is 0 Å². The number of benzene rings is 1. The summed E-state index contributed by atoms with van der Waals surface area (Å²) in [6.07, 6.45) is 4.76. The standard InChI is InChI=1S/C17H20N4O2S/c1-2-15-18-17(20-19-15)24-14(16(22)23)11-12-5-7-13(8-6-12)21-9-3-4-10-21/h5-8,11H,2-4,9-10H2,1H3,(H,22,23)(H,18,19,20)/p-1/b14-11+. The zero-order valence-corrected chi connectivity index (χ0v) is 14.3. The van der Waals surface area contributed by atoms with E-state index in [1.165, 1.54) is 18.5 Å². The number of carboxylic acids is 1. The number of aliphatic carboxylic acids is 1. The van der Waals surface area contributed by atoms with Gasteiger partial charge in [0.25, 0.3) is 0 Å². The van der Waals surface area contributed by atoms with Crippen molar-refractivity contribution in [1.82, 2.24) is 15.2 Å². The summed E-state index contributed by atoms with van der Waals surface area (Å²) in [5.74, 6) is -0.503. The third-order valence-corrected chi connectivity index (χ3v) is 4.78. The minimum Gasteiger partial charge on any atom is -0.544 e. The van der Waals surface area contributed by atoms with Gasteiger partial charge in [0, 0.05) is 30.1 Å². The van der Waals surface area contributed by atoms with Crippen LogP contribution in [0.5, 0.6) is 0 Å². The first kappa shape index (κ1) is 16.6. The van der Waals surface area contributed by atoms with Crippen molar-refractivity contribution in [2.45, 2.75) is 31.3 Å². The fourth-order valence-electron chi connectivity index (χ4n) is 2.62. The number of hydrogen-bond donors (Lipinski definition) is 1. The molecule has 0 bridgehead atoms. The number of carbonyl (C=O) groups excluding carboxylic acids is 1. The molecular formula is C17H19N4O2S-. The maximum Gasteiger partial charge on any atom is 0.213 e. The second-order valence-corrected chi connectivity index (χ2v) is 6.61. The molecule has 0 amide bonds. The normalized spacial score (nSPS) is 15.0. The number of rotatable bonds is 6. The summed E-state index contributed by atoms with van der Waals surface area (Å²) in [5, 5.41) is 18.6. The average molecular weight is 343 g/mol. The van der Waals surface area contributed by atoms with Gasteiger partial charge in [0.2, 0.25) is 5.16 Å². The van der Waals surface area contributed by atoms with E-state index in [2.05, 4.69) is 20.1 Å². The minimum atomic E-state index is -1.23. The highest BCUT2D eigenvalue weighted by molar-refractivity contribution is 8.04. The monoisotopic (exact) mass is 343 g/mol. The van der Waals surface area contributed by atoms with Gasteiger partial charge in [-0.05, 0) is 48.4 Å². The lowest BCUT2D eigenvalue weighted by Crippen LogP contribution is -2.23. The number of nitrogens with zero attached hydrogens (tertiary/aromatic N) is 3. The summed E-state index contributed by atoms with van der Waals surface area (Å²) in [6, 6.07) is 7.90. The van der Waals surface area contributed by atoms with Crippen molar-refractivity contribution in [1.29, 1.82) is 0 Å². The Bertz CT molecular complexity index is 733. The molecule has 0 spiro atoms. The number of aryl methyl sites for hydroxylation is 1. The summed E-state index contributed by atoms with van der Waals surface area (Å²) in [6.45, 7) is 4.12. The van der Waals surface area contributed by atoms with E-state index in [1.54, 1.807) is 6.08 Å². The van der Waals surface area contributed by atoms with Gasteiger partial charge < -0.3 is 14.8 Å². The van der Waals surface area contributed by atoms with Crippen LogP contribution in [0.1, 0.15) is 31.2 Å². The Labute approximate surface area is 145 Å². The molecule has 0 aliphatic carbocycles. The van der Waals surface area contributed by atoms with E-state index < -0.39 is 5.97 Å². The molecule has 1 aromatic carbocycles. The van der Waals surface area contributed by atoms with Crippen molar-refractivity contribution >= 4 is 29.5 Å². The zero-order chi connectivity index (χ0) is 16.9. The number of aromatic nitrogens is 3. The van der Waals surface area contributed by atoms with Crippen LogP contribution in [0.25, 0.3) is 6.08 Å². The van der Waals surface area contributed by atoms with Crippen LogP contribution in [-0.2, 0) is 11.2 Å². The van der Waals surface area contributed by atoms with Gasteiger partial charge in [-0.1, -0.05) is 19.1 Å². The Morgan fingerprint density at radius 2 is 2.04 bits per heavy atom. The molecule has 1 N–H and O–H groups in total. The highest BCUT2D eigenvalue weighted by Gasteiger charge is 2.12. The first-order valence-electron chi connectivity index (χ1n) is 8.03. The van der Waals surface area contributed by atoms with E-state index in [1.807, 2.05) is 31.2 Å². The van der Waals surface area contributed by atoms with Gasteiger partial charge >= 0.3 is 0 Å². The zero-order valence-electron chi connectivity index (χ0n) is 13.5. The number of hydrogen-bond acceptors (Lipinski definition) is 6. The SMILES string of the molecule is CCc1nc(S/C(=C/c2ccc(N3CCCC3)cc2)C(=O)[O-])n[nH]1. The molecule has 0 saturated carbocycles. The van der Waals surface area contributed by atoms with Crippen LogP contribution in [-0.4, -0.2) is 34.2 Å². The van der Waals surface area contributed by atoms with Crippen LogP contribution in [0.4, 0.5) is 5.69 Å². The molecule has 0 atom stereocenters. The summed E-state index contributed by atoms with van der Waals surface area (Å²) in [5.41, 5.74) is 1.99. The number of nitrogens with one attached hydrogen (secondary N) is 1. The van der Waals surface area contributed by atoms with Crippen molar-refractivity contribution in [3.8, 4) is 0 Å². The number of carbonyl (C=O) groups is 1. The lowest BCUT2D eigenvalue weighted by atomic mass is 10.2. The number of carboxylic acid groups (broad SMARTS) is 1. The third kappa shape index (κ3) is 3.97. The Hall–Kier alpha value is -2.28. The van der Waals surface area contributed by atoms with E-state index in [-0.39, 0.29) is 4.91 Å². The molecule has 1 fully saturated rings. The maximum atomic E-state index is 11.4. The molecule has 6 nitrogen and oxygen atoms in total. The summed E-state index contributed by atoms with van der Waals surface area (Å²) >= 11 is 0.993. The van der Waals surface area contributed by atoms with Gasteiger partial charge in [0.05, 0.1) is 5.97 Å². The molecule has 1 saturated heterocycles. The fourth-order valence-corrected chi connectivity index (χ4v) is 3.34. The van der Waals surface area contributed by atoms with Gasteiger partial charge in [0.1, 0.15) is 5.82 Å². The molecule has 2 heterocycles. The van der Waals surface area contributed by atoms with E-state index in [4.69, 9.17) is 0 Å². The van der Waals surface area contributed by atoms with Crippen molar-refractivity contribution in [2.24, 2.45) is 0 Å². The van der Waals surface area contributed by atoms with E-state index >= 15 is 0 Å². The molecule has 24 heavy (non-hydrogen) atoms. The second kappa shape index (κ2) is 7.53. The van der Waals surface area contributed by atoms with Crippen molar-refractivity contribution in [2.75, 3.05) is 18.0 Å². The minimum absolute atomic E-state index is 0.0885. The highest BCUT2D eigenvalue weighted by Crippen LogP contribution is 2.26. The summed E-state index contributed by atoms with van der Waals surface area (Å²) in [4.78, 5) is 18.0. The molecule has 0 radical (unpaired) electrons. The number of thioether (sulfide) groups is 1. The molecule has 1 aliphatic heterocycles. The summed E-state index contributed by atoms with van der Waals surface area (Å²) in [7, 11) is 0. The fraction of sp³-hybridized carbons (Fsp3) is 0.353. The first-order chi connectivity index (χ1) is 11.7. The summed E-state index contributed by atoms with van der Waals surface area (Å²) < 4.78 is 0. The molecular weight excluding hydrogens is 324 g/mol. The topological polar surface area (TPSA) is 84.9 Å². The number of H-pyrrole nitrogens is 1. The van der Waals surface area contributed by atoms with Crippen molar-refractivity contribution in [3.63, 3.8) is 0 Å². The van der Waals surface area contributed by atoms with Crippen LogP contribution in [0.2, 0.25) is 0 Å². The smallest absolute Gasteiger partial charge is 0.213 e. The van der Waals surface area contributed by atoms with Crippen LogP contribution >= 0.6 is 11.8 Å².